The molecule has 11 heteroatoms. The van der Waals surface area contributed by atoms with Crippen LogP contribution in [-0.4, -0.2) is 26.8 Å². The summed E-state index contributed by atoms with van der Waals surface area (Å²) in [7, 11) is -7.55. The molecule has 0 aliphatic rings. The van der Waals surface area contributed by atoms with Crippen LogP contribution in [0.2, 0.25) is 0 Å². The van der Waals surface area contributed by atoms with Crippen LogP contribution in [0.15, 0.2) is 69.3 Å². The molecule has 0 fully saturated rings. The van der Waals surface area contributed by atoms with Crippen LogP contribution < -0.4 is 9.44 Å². The summed E-state index contributed by atoms with van der Waals surface area (Å²) in [4.78, 5) is 7.54. The van der Waals surface area contributed by atoms with E-state index in [0.717, 1.165) is 11.3 Å². The number of rotatable bonds is 6. The van der Waals surface area contributed by atoms with Crippen LogP contribution in [0, 0.1) is 0 Å². The lowest BCUT2D eigenvalue weighted by molar-refractivity contribution is 0.600. The van der Waals surface area contributed by atoms with Crippen molar-refractivity contribution in [1.82, 2.24) is 9.97 Å². The molecule has 130 valence electrons. The van der Waals surface area contributed by atoms with Crippen molar-refractivity contribution >= 4 is 43.0 Å². The molecule has 0 spiro atoms. The third kappa shape index (κ3) is 4.13. The van der Waals surface area contributed by atoms with E-state index in [0.29, 0.717) is 0 Å². The van der Waals surface area contributed by atoms with E-state index in [2.05, 4.69) is 19.4 Å². The molecule has 0 saturated carbocycles. The maximum absolute atomic E-state index is 12.3. The first-order chi connectivity index (χ1) is 11.9. The first-order valence-electron chi connectivity index (χ1n) is 6.83. The summed E-state index contributed by atoms with van der Waals surface area (Å²) in [5.41, 5.74) is 0.253. The van der Waals surface area contributed by atoms with Gasteiger partial charge in [-0.15, -0.1) is 11.3 Å². The summed E-state index contributed by atoms with van der Waals surface area (Å²) in [6.45, 7) is 0. The van der Waals surface area contributed by atoms with E-state index < -0.39 is 20.0 Å². The Balaban J connectivity index is 1.78. The molecule has 0 bridgehead atoms. The lowest BCUT2D eigenvalue weighted by atomic mass is 10.3. The van der Waals surface area contributed by atoms with Crippen molar-refractivity contribution < 1.29 is 16.8 Å². The first kappa shape index (κ1) is 17.3. The minimum absolute atomic E-state index is 0.0426. The number of hydrogen-bond acceptors (Lipinski definition) is 7. The van der Waals surface area contributed by atoms with Gasteiger partial charge in [-0.1, -0.05) is 6.07 Å². The Morgan fingerprint density at radius 3 is 2.08 bits per heavy atom. The fourth-order valence-electron chi connectivity index (χ4n) is 1.85. The van der Waals surface area contributed by atoms with Crippen LogP contribution in [0.3, 0.4) is 0 Å². The normalized spacial score (nSPS) is 11.8. The Morgan fingerprint density at radius 1 is 0.800 bits per heavy atom. The molecule has 1 aromatic carbocycles. The van der Waals surface area contributed by atoms with Crippen LogP contribution in [-0.2, 0) is 20.0 Å². The van der Waals surface area contributed by atoms with Gasteiger partial charge in [-0.05, 0) is 41.8 Å². The molecule has 8 nitrogen and oxygen atoms in total. The van der Waals surface area contributed by atoms with Crippen LogP contribution in [0.5, 0.6) is 0 Å². The maximum Gasteiger partial charge on any atom is 0.271 e. The second kappa shape index (κ2) is 6.78. The highest BCUT2D eigenvalue weighted by molar-refractivity contribution is 7.94. The van der Waals surface area contributed by atoms with Gasteiger partial charge in [-0.3, -0.25) is 4.72 Å². The van der Waals surface area contributed by atoms with Crippen LogP contribution in [0.25, 0.3) is 0 Å². The highest BCUT2D eigenvalue weighted by Gasteiger charge is 2.18. The summed E-state index contributed by atoms with van der Waals surface area (Å²) in [5, 5.41) is 1.65. The molecule has 0 aliphatic carbocycles. The second-order valence-corrected chi connectivity index (χ2v) is 9.28. The van der Waals surface area contributed by atoms with Crippen molar-refractivity contribution in [3.8, 4) is 0 Å². The lowest BCUT2D eigenvalue weighted by Gasteiger charge is -2.09. The molecule has 2 heterocycles. The standard InChI is InChI=1S/C14H12N4O4S3/c19-24(20,18-14-15-8-2-9-16-14)12-6-4-11(5-7-12)17-25(21,22)13-3-1-10-23-13/h1-10,17H,(H,15,16,18). The summed E-state index contributed by atoms with van der Waals surface area (Å²) in [6, 6.07) is 9.99. The van der Waals surface area contributed by atoms with Crippen LogP contribution >= 0.6 is 11.3 Å². The largest absolute Gasteiger partial charge is 0.279 e. The van der Waals surface area contributed by atoms with Gasteiger partial charge in [0, 0.05) is 18.1 Å². The number of nitrogens with one attached hydrogen (secondary N) is 2. The Kier molecular flexibility index (Phi) is 4.70. The number of sulfonamides is 2. The monoisotopic (exact) mass is 396 g/mol. The van der Waals surface area contributed by atoms with Crippen molar-refractivity contribution in [2.24, 2.45) is 0 Å². The van der Waals surface area contributed by atoms with Gasteiger partial charge in [0.25, 0.3) is 20.0 Å². The summed E-state index contributed by atoms with van der Waals surface area (Å²) >= 11 is 1.09. The highest BCUT2D eigenvalue weighted by atomic mass is 32.2. The molecule has 0 aliphatic heterocycles. The molecular weight excluding hydrogens is 384 g/mol. The number of anilines is 2. The van der Waals surface area contributed by atoms with Gasteiger partial charge in [0.15, 0.2) is 0 Å². The van der Waals surface area contributed by atoms with Crippen molar-refractivity contribution in [2.45, 2.75) is 9.10 Å². The quantitative estimate of drug-likeness (QED) is 0.659. The average molecular weight is 396 g/mol. The molecule has 3 rings (SSSR count). The number of benzene rings is 1. The van der Waals surface area contributed by atoms with Crippen molar-refractivity contribution in [2.75, 3.05) is 9.44 Å². The van der Waals surface area contributed by atoms with Gasteiger partial charge in [0.05, 0.1) is 4.90 Å². The minimum Gasteiger partial charge on any atom is -0.279 e. The Bertz CT molecular complexity index is 1050. The molecule has 3 aromatic rings. The molecular formula is C14H12N4O4S3. The minimum atomic E-state index is -3.87. The smallest absolute Gasteiger partial charge is 0.271 e. The zero-order valence-electron chi connectivity index (χ0n) is 12.5. The second-order valence-electron chi connectivity index (χ2n) is 4.74. The Morgan fingerprint density at radius 2 is 1.48 bits per heavy atom. The topological polar surface area (TPSA) is 118 Å². The number of thiophene rings is 1. The predicted molar refractivity (Wildman–Crippen MR) is 94.4 cm³/mol. The van der Waals surface area contributed by atoms with E-state index in [4.69, 9.17) is 0 Å². The molecule has 2 N–H and O–H groups in total. The summed E-state index contributed by atoms with van der Waals surface area (Å²) < 4.78 is 53.6. The number of aromatic nitrogens is 2. The average Bonchev–Trinajstić information content (AvgIpc) is 3.11. The third-order valence-electron chi connectivity index (χ3n) is 2.97. The van der Waals surface area contributed by atoms with E-state index in [1.807, 2.05) is 0 Å². The predicted octanol–water partition coefficient (Wildman–Crippen LogP) is 2.14. The van der Waals surface area contributed by atoms with E-state index in [1.54, 1.807) is 17.5 Å². The zero-order valence-corrected chi connectivity index (χ0v) is 15.0. The number of nitrogens with zero attached hydrogens (tertiary/aromatic N) is 2. The SMILES string of the molecule is O=S(=O)(Nc1ncccn1)c1ccc(NS(=O)(=O)c2cccs2)cc1. The van der Waals surface area contributed by atoms with E-state index in [-0.39, 0.29) is 20.7 Å². The molecule has 0 radical (unpaired) electrons. The molecule has 0 atom stereocenters. The molecule has 25 heavy (non-hydrogen) atoms. The van der Waals surface area contributed by atoms with Crippen LogP contribution in [0.4, 0.5) is 11.6 Å². The highest BCUT2D eigenvalue weighted by Crippen LogP contribution is 2.21. The summed E-state index contributed by atoms with van der Waals surface area (Å²) in [5.74, 6) is -0.0509. The first-order valence-corrected chi connectivity index (χ1v) is 10.7. The van der Waals surface area contributed by atoms with Gasteiger partial charge in [0.1, 0.15) is 4.21 Å². The molecule has 0 amide bonds. The van der Waals surface area contributed by atoms with Crippen LogP contribution in [0.1, 0.15) is 0 Å². The van der Waals surface area contributed by atoms with E-state index in [1.165, 1.54) is 42.7 Å². The van der Waals surface area contributed by atoms with Crippen molar-refractivity contribution in [3.63, 3.8) is 0 Å². The van der Waals surface area contributed by atoms with Gasteiger partial charge in [-0.25, -0.2) is 31.5 Å². The van der Waals surface area contributed by atoms with Crippen molar-refractivity contribution in [1.29, 1.82) is 0 Å². The third-order valence-corrected chi connectivity index (χ3v) is 7.09. The number of hydrogen-bond donors (Lipinski definition) is 2. The van der Waals surface area contributed by atoms with Gasteiger partial charge >= 0.3 is 0 Å². The summed E-state index contributed by atoms with van der Waals surface area (Å²) in [6.07, 6.45) is 2.82. The molecule has 2 aromatic heterocycles. The van der Waals surface area contributed by atoms with Crippen molar-refractivity contribution in [3.05, 3.63) is 60.2 Å². The van der Waals surface area contributed by atoms with E-state index in [9.17, 15) is 16.8 Å². The molecule has 0 saturated heterocycles. The van der Waals surface area contributed by atoms with E-state index >= 15 is 0 Å². The Labute approximate surface area is 148 Å². The zero-order chi connectivity index (χ0) is 17.9. The fraction of sp³-hybridized carbons (Fsp3) is 0. The maximum atomic E-state index is 12.3. The Hall–Kier alpha value is -2.50. The van der Waals surface area contributed by atoms with Gasteiger partial charge < -0.3 is 0 Å². The van der Waals surface area contributed by atoms with Gasteiger partial charge in [-0.2, -0.15) is 0 Å². The lowest BCUT2D eigenvalue weighted by Crippen LogP contribution is -2.15. The fourth-order valence-corrected chi connectivity index (χ4v) is 4.86. The molecule has 0 unspecified atom stereocenters. The van der Waals surface area contributed by atoms with Gasteiger partial charge in [0.2, 0.25) is 5.95 Å².